The van der Waals surface area contributed by atoms with Crippen LogP contribution in [0.25, 0.3) is 0 Å². The topological polar surface area (TPSA) is 79.9 Å². The van der Waals surface area contributed by atoms with Crippen molar-refractivity contribution in [3.8, 4) is 5.75 Å². The van der Waals surface area contributed by atoms with Crippen LogP contribution in [0.15, 0.2) is 29.4 Å². The number of rotatable bonds is 5. The second-order valence-electron chi connectivity index (χ2n) is 4.11. The molecule has 0 spiro atoms. The average molecular weight is 332 g/mol. The lowest BCUT2D eigenvalue weighted by Gasteiger charge is -2.09. The van der Waals surface area contributed by atoms with Crippen molar-refractivity contribution < 1.29 is 22.7 Å². The highest BCUT2D eigenvalue weighted by atomic mass is 32.2. The predicted molar refractivity (Wildman–Crippen MR) is 73.6 cm³/mol. The maximum Gasteiger partial charge on any atom is 0.573 e. The fourth-order valence-corrected chi connectivity index (χ4v) is 2.10. The lowest BCUT2D eigenvalue weighted by atomic mass is 10.3. The van der Waals surface area contributed by atoms with Gasteiger partial charge in [0.05, 0.1) is 5.75 Å². The van der Waals surface area contributed by atoms with Gasteiger partial charge in [0.25, 0.3) is 0 Å². The number of aryl methyl sites for hydroxylation is 1. The molecule has 0 unspecified atom stereocenters. The molecule has 2 rings (SSSR count). The molecule has 1 amide bonds. The molecule has 0 radical (unpaired) electrons. The number of amides is 1. The van der Waals surface area contributed by atoms with Gasteiger partial charge in [0.1, 0.15) is 11.6 Å². The van der Waals surface area contributed by atoms with Crippen LogP contribution in [-0.2, 0) is 4.79 Å². The van der Waals surface area contributed by atoms with Crippen LogP contribution in [0, 0.1) is 6.92 Å². The molecule has 22 heavy (non-hydrogen) atoms. The number of hydrogen-bond donors (Lipinski definition) is 2. The van der Waals surface area contributed by atoms with Crippen LogP contribution in [-0.4, -0.2) is 33.2 Å². The van der Waals surface area contributed by atoms with Crippen molar-refractivity contribution in [1.82, 2.24) is 15.2 Å². The van der Waals surface area contributed by atoms with Gasteiger partial charge in [-0.3, -0.25) is 9.89 Å². The second-order valence-corrected chi connectivity index (χ2v) is 5.05. The van der Waals surface area contributed by atoms with Gasteiger partial charge in [-0.2, -0.15) is 0 Å². The molecule has 10 heteroatoms. The van der Waals surface area contributed by atoms with E-state index < -0.39 is 6.36 Å². The number of ether oxygens (including phenoxy) is 1. The summed E-state index contributed by atoms with van der Waals surface area (Å²) in [6.07, 6.45) is -4.74. The average Bonchev–Trinajstić information content (AvgIpc) is 2.83. The highest BCUT2D eigenvalue weighted by molar-refractivity contribution is 7.99. The van der Waals surface area contributed by atoms with Gasteiger partial charge in [-0.1, -0.05) is 11.8 Å². The smallest absolute Gasteiger partial charge is 0.406 e. The minimum atomic E-state index is -4.74. The maximum absolute atomic E-state index is 12.0. The van der Waals surface area contributed by atoms with E-state index in [1.807, 2.05) is 0 Å². The third-order valence-corrected chi connectivity index (χ3v) is 3.13. The van der Waals surface area contributed by atoms with E-state index in [1.165, 1.54) is 12.1 Å². The number of H-pyrrole nitrogens is 1. The molecule has 0 atom stereocenters. The van der Waals surface area contributed by atoms with Gasteiger partial charge in [0, 0.05) is 5.69 Å². The second kappa shape index (κ2) is 6.69. The molecule has 0 aliphatic carbocycles. The third-order valence-electron chi connectivity index (χ3n) is 2.28. The zero-order valence-electron chi connectivity index (χ0n) is 11.3. The largest absolute Gasteiger partial charge is 0.573 e. The zero-order valence-corrected chi connectivity index (χ0v) is 12.1. The predicted octanol–water partition coefficient (Wildman–Crippen LogP) is 2.74. The lowest BCUT2D eigenvalue weighted by Crippen LogP contribution is -2.17. The summed E-state index contributed by atoms with van der Waals surface area (Å²) in [6.45, 7) is 1.74. The van der Waals surface area contributed by atoms with Crippen LogP contribution in [0.5, 0.6) is 5.75 Å². The number of halogens is 3. The number of hydrogen-bond acceptors (Lipinski definition) is 5. The van der Waals surface area contributed by atoms with Crippen molar-refractivity contribution in [1.29, 1.82) is 0 Å². The van der Waals surface area contributed by atoms with Crippen molar-refractivity contribution in [2.45, 2.75) is 18.4 Å². The highest BCUT2D eigenvalue weighted by Gasteiger charge is 2.30. The van der Waals surface area contributed by atoms with Gasteiger partial charge in [-0.05, 0) is 31.2 Å². The summed E-state index contributed by atoms with van der Waals surface area (Å²) in [7, 11) is 0. The number of nitrogens with one attached hydrogen (secondary N) is 2. The van der Waals surface area contributed by atoms with Gasteiger partial charge in [0.15, 0.2) is 0 Å². The van der Waals surface area contributed by atoms with Crippen LogP contribution < -0.4 is 10.1 Å². The number of benzene rings is 1. The van der Waals surface area contributed by atoms with Gasteiger partial charge in [0.2, 0.25) is 11.1 Å². The van der Waals surface area contributed by atoms with Crippen LogP contribution in [0.4, 0.5) is 18.9 Å². The first kappa shape index (κ1) is 16.1. The Morgan fingerprint density at radius 3 is 2.59 bits per heavy atom. The van der Waals surface area contributed by atoms with E-state index in [1.54, 1.807) is 6.92 Å². The molecule has 0 fully saturated rings. The summed E-state index contributed by atoms with van der Waals surface area (Å²) in [5.74, 6) is 0.0501. The normalized spacial score (nSPS) is 11.3. The van der Waals surface area contributed by atoms with Crippen LogP contribution in [0.2, 0.25) is 0 Å². The Labute approximate surface area is 127 Å². The number of carbonyl (C=O) groups excluding carboxylic acids is 1. The molecule has 2 aromatic rings. The summed E-state index contributed by atoms with van der Waals surface area (Å²) in [5.41, 5.74) is 0.367. The molecule has 0 aliphatic heterocycles. The van der Waals surface area contributed by atoms with Gasteiger partial charge in [-0.25, -0.2) is 4.98 Å². The Hall–Kier alpha value is -2.23. The van der Waals surface area contributed by atoms with Crippen LogP contribution in [0.1, 0.15) is 5.82 Å². The zero-order chi connectivity index (χ0) is 16.2. The maximum atomic E-state index is 12.0. The van der Waals surface area contributed by atoms with E-state index in [2.05, 4.69) is 25.2 Å². The molecule has 6 nitrogen and oxygen atoms in total. The SMILES string of the molecule is Cc1nc(SCC(=O)Nc2ccc(OC(F)(F)F)cc2)n[nH]1. The Morgan fingerprint density at radius 2 is 2.05 bits per heavy atom. The summed E-state index contributed by atoms with van der Waals surface area (Å²) in [6, 6.07) is 4.88. The van der Waals surface area contributed by atoms with Crippen molar-refractivity contribution in [3.63, 3.8) is 0 Å². The summed E-state index contributed by atoms with van der Waals surface area (Å²) < 4.78 is 39.8. The summed E-state index contributed by atoms with van der Waals surface area (Å²) >= 11 is 1.14. The quantitative estimate of drug-likeness (QED) is 0.823. The molecule has 1 aromatic heterocycles. The van der Waals surface area contributed by atoms with E-state index in [4.69, 9.17) is 0 Å². The highest BCUT2D eigenvalue weighted by Crippen LogP contribution is 2.24. The molecule has 0 bridgehead atoms. The molecular weight excluding hydrogens is 321 g/mol. The third kappa shape index (κ3) is 5.28. The number of thioether (sulfide) groups is 1. The van der Waals surface area contributed by atoms with Crippen molar-refractivity contribution in [2.75, 3.05) is 11.1 Å². The molecule has 0 aliphatic rings. The van der Waals surface area contributed by atoms with Crippen LogP contribution in [0.3, 0.4) is 0 Å². The first-order valence-corrected chi connectivity index (χ1v) is 6.98. The number of carbonyl (C=O) groups is 1. The summed E-state index contributed by atoms with van der Waals surface area (Å²) in [4.78, 5) is 15.7. The van der Waals surface area contributed by atoms with Gasteiger partial charge >= 0.3 is 6.36 Å². The standard InChI is InChI=1S/C12H11F3N4O2S/c1-7-16-11(19-18-7)22-6-10(20)17-8-2-4-9(5-3-8)21-12(13,14)15/h2-5H,6H2,1H3,(H,17,20)(H,16,18,19). The number of alkyl halides is 3. The molecule has 2 N–H and O–H groups in total. The lowest BCUT2D eigenvalue weighted by molar-refractivity contribution is -0.274. The van der Waals surface area contributed by atoms with Crippen LogP contribution >= 0.6 is 11.8 Å². The Kier molecular flexibility index (Phi) is 4.91. The van der Waals surface area contributed by atoms with Gasteiger partial charge < -0.3 is 10.1 Å². The van der Waals surface area contributed by atoms with E-state index in [0.29, 0.717) is 16.7 Å². The number of nitrogens with zero attached hydrogens (tertiary/aromatic N) is 2. The minimum absolute atomic E-state index is 0.0814. The molecular formula is C12H11F3N4O2S. The Balaban J connectivity index is 1.83. The van der Waals surface area contributed by atoms with Gasteiger partial charge in [-0.15, -0.1) is 18.3 Å². The fraction of sp³-hybridized carbons (Fsp3) is 0.250. The molecule has 118 valence electrons. The molecule has 0 saturated carbocycles. The van der Waals surface area contributed by atoms with E-state index in [-0.39, 0.29) is 17.4 Å². The minimum Gasteiger partial charge on any atom is -0.406 e. The first-order valence-electron chi connectivity index (χ1n) is 5.99. The molecule has 0 saturated heterocycles. The van der Waals surface area contributed by atoms with Crippen molar-refractivity contribution >= 4 is 23.4 Å². The Morgan fingerprint density at radius 1 is 1.36 bits per heavy atom. The Bertz CT molecular complexity index is 643. The van der Waals surface area contributed by atoms with Crippen molar-refractivity contribution in [2.24, 2.45) is 0 Å². The summed E-state index contributed by atoms with van der Waals surface area (Å²) in [5, 5.41) is 9.50. The molecule has 1 heterocycles. The first-order chi connectivity index (χ1) is 10.3. The number of aromatic amines is 1. The molecule has 1 aromatic carbocycles. The van der Waals surface area contributed by atoms with E-state index in [0.717, 1.165) is 23.9 Å². The van der Waals surface area contributed by atoms with Crippen molar-refractivity contribution in [3.05, 3.63) is 30.1 Å². The fourth-order valence-electron chi connectivity index (χ4n) is 1.45. The number of aromatic nitrogens is 3. The van der Waals surface area contributed by atoms with E-state index >= 15 is 0 Å². The number of anilines is 1. The van der Waals surface area contributed by atoms with E-state index in [9.17, 15) is 18.0 Å². The monoisotopic (exact) mass is 332 g/mol.